The second-order valence-electron chi connectivity index (χ2n) is 4.57. The fraction of sp³-hybridized carbons (Fsp3) is 0.286. The molecule has 1 aromatic carbocycles. The second-order valence-corrected chi connectivity index (χ2v) is 4.57. The zero-order chi connectivity index (χ0) is 13.2. The number of carbonyl (C=O) groups is 1. The number of nitrogens with zero attached hydrogens (tertiary/aromatic N) is 2. The van der Waals surface area contributed by atoms with Gasteiger partial charge < -0.3 is 9.42 Å². The molecule has 4 nitrogen and oxygen atoms in total. The van der Waals surface area contributed by atoms with Crippen molar-refractivity contribution in [2.45, 2.75) is 12.8 Å². The highest BCUT2D eigenvalue weighted by atomic mass is 19.1. The number of benzene rings is 1. The van der Waals surface area contributed by atoms with Crippen molar-refractivity contribution in [3.63, 3.8) is 0 Å². The zero-order valence-electron chi connectivity index (χ0n) is 10.3. The third-order valence-electron chi connectivity index (χ3n) is 3.30. The Morgan fingerprint density at radius 1 is 1.21 bits per heavy atom. The molecular formula is C14H13FN2O2. The van der Waals surface area contributed by atoms with Crippen molar-refractivity contribution in [2.75, 3.05) is 13.1 Å². The van der Waals surface area contributed by atoms with Gasteiger partial charge in [-0.05, 0) is 37.1 Å². The van der Waals surface area contributed by atoms with Gasteiger partial charge in [-0.25, -0.2) is 4.39 Å². The normalized spacial score (nSPS) is 14.9. The lowest BCUT2D eigenvalue weighted by Crippen LogP contribution is -2.27. The summed E-state index contributed by atoms with van der Waals surface area (Å²) in [4.78, 5) is 14.1. The molecule has 2 heterocycles. The molecule has 0 unspecified atom stereocenters. The molecule has 98 valence electrons. The van der Waals surface area contributed by atoms with Gasteiger partial charge in [0, 0.05) is 18.7 Å². The summed E-state index contributed by atoms with van der Waals surface area (Å²) in [5, 5.41) is 3.70. The number of likely N-dealkylation sites (tertiary alicyclic amines) is 1. The summed E-state index contributed by atoms with van der Waals surface area (Å²) in [6.07, 6.45) is 3.49. The fourth-order valence-electron chi connectivity index (χ4n) is 2.29. The molecule has 0 radical (unpaired) electrons. The van der Waals surface area contributed by atoms with E-state index in [0.29, 0.717) is 16.9 Å². The van der Waals surface area contributed by atoms with Crippen molar-refractivity contribution in [2.24, 2.45) is 0 Å². The van der Waals surface area contributed by atoms with Gasteiger partial charge in [0.25, 0.3) is 5.91 Å². The van der Waals surface area contributed by atoms with Crippen LogP contribution in [-0.2, 0) is 0 Å². The topological polar surface area (TPSA) is 46.3 Å². The molecule has 19 heavy (non-hydrogen) atoms. The Morgan fingerprint density at radius 2 is 1.89 bits per heavy atom. The molecule has 0 aliphatic carbocycles. The van der Waals surface area contributed by atoms with E-state index < -0.39 is 0 Å². The number of rotatable bonds is 2. The van der Waals surface area contributed by atoms with E-state index >= 15 is 0 Å². The van der Waals surface area contributed by atoms with Crippen molar-refractivity contribution in [3.8, 4) is 11.3 Å². The minimum atomic E-state index is -0.323. The Labute approximate surface area is 109 Å². The maximum atomic E-state index is 12.9. The second kappa shape index (κ2) is 4.84. The maximum absolute atomic E-state index is 12.9. The standard InChI is InChI=1S/C14H13FN2O2/c15-11-5-3-10(4-6-11)13-12(9-16-19-13)14(18)17-7-1-2-8-17/h3-6,9H,1-2,7-8H2. The number of hydrogen-bond acceptors (Lipinski definition) is 3. The first-order chi connectivity index (χ1) is 9.25. The summed E-state index contributed by atoms with van der Waals surface area (Å²) < 4.78 is 18.1. The average Bonchev–Trinajstić information content (AvgIpc) is 3.10. The first-order valence-electron chi connectivity index (χ1n) is 6.25. The minimum absolute atomic E-state index is 0.0712. The SMILES string of the molecule is O=C(c1cnoc1-c1ccc(F)cc1)N1CCCC1. The lowest BCUT2D eigenvalue weighted by molar-refractivity contribution is 0.0793. The molecule has 3 rings (SSSR count). The predicted molar refractivity (Wildman–Crippen MR) is 67.0 cm³/mol. The quantitative estimate of drug-likeness (QED) is 0.834. The van der Waals surface area contributed by atoms with E-state index in [-0.39, 0.29) is 11.7 Å². The van der Waals surface area contributed by atoms with Gasteiger partial charge in [-0.1, -0.05) is 5.16 Å². The Morgan fingerprint density at radius 3 is 2.58 bits per heavy atom. The van der Waals surface area contributed by atoms with Gasteiger partial charge in [-0.3, -0.25) is 4.79 Å². The van der Waals surface area contributed by atoms with Crippen molar-refractivity contribution >= 4 is 5.91 Å². The fourth-order valence-corrected chi connectivity index (χ4v) is 2.29. The van der Waals surface area contributed by atoms with Crippen LogP contribution in [0.15, 0.2) is 35.0 Å². The maximum Gasteiger partial charge on any atom is 0.259 e. The highest BCUT2D eigenvalue weighted by Gasteiger charge is 2.25. The van der Waals surface area contributed by atoms with Crippen LogP contribution in [0.3, 0.4) is 0 Å². The van der Waals surface area contributed by atoms with Crippen molar-refractivity contribution in [1.82, 2.24) is 10.1 Å². The van der Waals surface area contributed by atoms with E-state index in [0.717, 1.165) is 25.9 Å². The molecule has 1 saturated heterocycles. The number of carbonyl (C=O) groups excluding carboxylic acids is 1. The van der Waals surface area contributed by atoms with Crippen molar-refractivity contribution in [1.29, 1.82) is 0 Å². The Hall–Kier alpha value is -2.17. The first kappa shape index (κ1) is 11.9. The van der Waals surface area contributed by atoms with E-state index in [4.69, 9.17) is 4.52 Å². The van der Waals surface area contributed by atoms with E-state index in [1.54, 1.807) is 17.0 Å². The molecule has 1 aliphatic rings. The molecule has 5 heteroatoms. The van der Waals surface area contributed by atoms with Gasteiger partial charge >= 0.3 is 0 Å². The molecule has 0 spiro atoms. The van der Waals surface area contributed by atoms with Crippen molar-refractivity contribution in [3.05, 3.63) is 41.8 Å². The zero-order valence-corrected chi connectivity index (χ0v) is 10.3. The molecule has 0 atom stereocenters. The molecule has 0 N–H and O–H groups in total. The lowest BCUT2D eigenvalue weighted by atomic mass is 10.1. The summed E-state index contributed by atoms with van der Waals surface area (Å²) in [5.41, 5.74) is 1.09. The Kier molecular flexibility index (Phi) is 3.03. The molecule has 0 bridgehead atoms. The Balaban J connectivity index is 1.93. The Bertz CT molecular complexity index is 586. The average molecular weight is 260 g/mol. The molecule has 1 aliphatic heterocycles. The summed E-state index contributed by atoms with van der Waals surface area (Å²) >= 11 is 0. The van der Waals surface area contributed by atoms with Crippen LogP contribution in [0.2, 0.25) is 0 Å². The van der Waals surface area contributed by atoms with Crippen LogP contribution in [0.25, 0.3) is 11.3 Å². The van der Waals surface area contributed by atoms with Crippen molar-refractivity contribution < 1.29 is 13.7 Å². The van der Waals surface area contributed by atoms with E-state index in [2.05, 4.69) is 5.16 Å². The third-order valence-corrected chi connectivity index (χ3v) is 3.30. The van der Waals surface area contributed by atoms with Crippen LogP contribution in [0, 0.1) is 5.82 Å². The summed E-state index contributed by atoms with van der Waals surface area (Å²) in [6, 6.07) is 5.83. The van der Waals surface area contributed by atoms with Gasteiger partial charge in [0.15, 0.2) is 5.76 Å². The third kappa shape index (κ3) is 2.23. The van der Waals surface area contributed by atoms with Gasteiger partial charge in [0.1, 0.15) is 11.4 Å². The van der Waals surface area contributed by atoms with Gasteiger partial charge in [-0.2, -0.15) is 0 Å². The molecular weight excluding hydrogens is 247 g/mol. The minimum Gasteiger partial charge on any atom is -0.355 e. The summed E-state index contributed by atoms with van der Waals surface area (Å²) in [7, 11) is 0. The predicted octanol–water partition coefficient (Wildman–Crippen LogP) is 2.72. The number of amides is 1. The highest BCUT2D eigenvalue weighted by Crippen LogP contribution is 2.25. The van der Waals surface area contributed by atoms with E-state index in [1.807, 2.05) is 0 Å². The molecule has 1 aromatic heterocycles. The molecule has 0 saturated carbocycles. The van der Waals surface area contributed by atoms with Crippen LogP contribution < -0.4 is 0 Å². The summed E-state index contributed by atoms with van der Waals surface area (Å²) in [6.45, 7) is 1.54. The number of halogens is 1. The monoisotopic (exact) mass is 260 g/mol. The molecule has 1 amide bonds. The van der Waals surface area contributed by atoms with Crippen LogP contribution in [0.1, 0.15) is 23.2 Å². The van der Waals surface area contributed by atoms with Crippen LogP contribution in [-0.4, -0.2) is 29.1 Å². The summed E-state index contributed by atoms with van der Waals surface area (Å²) in [5.74, 6) is 0.00524. The molecule has 1 fully saturated rings. The van der Waals surface area contributed by atoms with Crippen LogP contribution in [0.5, 0.6) is 0 Å². The smallest absolute Gasteiger partial charge is 0.259 e. The number of hydrogen-bond donors (Lipinski definition) is 0. The van der Waals surface area contributed by atoms with Gasteiger partial charge in [0.05, 0.1) is 6.20 Å². The van der Waals surface area contributed by atoms with E-state index in [1.165, 1.54) is 18.3 Å². The van der Waals surface area contributed by atoms with E-state index in [9.17, 15) is 9.18 Å². The highest BCUT2D eigenvalue weighted by molar-refractivity contribution is 5.99. The lowest BCUT2D eigenvalue weighted by Gasteiger charge is -2.14. The van der Waals surface area contributed by atoms with Gasteiger partial charge in [0.2, 0.25) is 0 Å². The first-order valence-corrected chi connectivity index (χ1v) is 6.25. The van der Waals surface area contributed by atoms with Crippen LogP contribution >= 0.6 is 0 Å². The largest absolute Gasteiger partial charge is 0.355 e. The van der Waals surface area contributed by atoms with Crippen LogP contribution in [0.4, 0.5) is 4.39 Å². The molecule has 2 aromatic rings. The number of aromatic nitrogens is 1. The van der Waals surface area contributed by atoms with Gasteiger partial charge in [-0.15, -0.1) is 0 Å².